The van der Waals surface area contributed by atoms with E-state index in [0.29, 0.717) is 11.8 Å². The summed E-state index contributed by atoms with van der Waals surface area (Å²) in [7, 11) is 0. The van der Waals surface area contributed by atoms with Crippen molar-refractivity contribution in [2.24, 2.45) is 0 Å². The van der Waals surface area contributed by atoms with E-state index in [2.05, 4.69) is 39.9 Å². The molecule has 0 fully saturated rings. The molecule has 0 saturated heterocycles. The van der Waals surface area contributed by atoms with Gasteiger partial charge in [-0.1, -0.05) is 13.8 Å². The maximum atomic E-state index is 4.91. The summed E-state index contributed by atoms with van der Waals surface area (Å²) in [6.07, 6.45) is 3.85. The van der Waals surface area contributed by atoms with Crippen LogP contribution >= 0.6 is 11.3 Å². The number of fused-ring (bicyclic) bond motifs is 1. The predicted octanol–water partition coefficient (Wildman–Crippen LogP) is 4.07. The van der Waals surface area contributed by atoms with Crippen molar-refractivity contribution in [2.75, 3.05) is 6.54 Å². The summed E-state index contributed by atoms with van der Waals surface area (Å²) >= 11 is 1.94. The summed E-state index contributed by atoms with van der Waals surface area (Å²) in [4.78, 5) is 6.46. The quantitative estimate of drug-likeness (QED) is 0.892. The maximum Gasteiger partial charge on any atom is 0.0956 e. The molecule has 0 spiro atoms. The van der Waals surface area contributed by atoms with Crippen molar-refractivity contribution < 1.29 is 0 Å². The van der Waals surface area contributed by atoms with Crippen molar-refractivity contribution in [3.63, 3.8) is 0 Å². The molecule has 1 aliphatic rings. The molecule has 1 aromatic heterocycles. The highest BCUT2D eigenvalue weighted by Gasteiger charge is 2.26. The van der Waals surface area contributed by atoms with E-state index in [4.69, 9.17) is 4.98 Å². The summed E-state index contributed by atoms with van der Waals surface area (Å²) in [5, 5.41) is 4.96. The topological polar surface area (TPSA) is 24.9 Å². The van der Waals surface area contributed by atoms with Crippen LogP contribution < -0.4 is 5.32 Å². The van der Waals surface area contributed by atoms with Gasteiger partial charge in [-0.15, -0.1) is 11.3 Å². The molecule has 1 unspecified atom stereocenters. The van der Waals surface area contributed by atoms with Gasteiger partial charge in [0.1, 0.15) is 0 Å². The lowest BCUT2D eigenvalue weighted by atomic mass is 9.90. The second-order valence-corrected chi connectivity index (χ2v) is 7.85. The molecule has 102 valence electrons. The summed E-state index contributed by atoms with van der Waals surface area (Å²) in [6, 6.07) is 0. The highest BCUT2D eigenvalue weighted by molar-refractivity contribution is 7.11. The molecule has 1 heterocycles. The van der Waals surface area contributed by atoms with Gasteiger partial charge >= 0.3 is 0 Å². The lowest BCUT2D eigenvalue weighted by Gasteiger charge is -2.27. The van der Waals surface area contributed by atoms with E-state index < -0.39 is 0 Å². The van der Waals surface area contributed by atoms with Crippen LogP contribution in [-0.2, 0) is 6.42 Å². The Labute approximate surface area is 115 Å². The van der Waals surface area contributed by atoms with E-state index in [1.165, 1.54) is 30.0 Å². The number of hydrogen-bond acceptors (Lipinski definition) is 3. The Morgan fingerprint density at radius 2 is 2.11 bits per heavy atom. The highest BCUT2D eigenvalue weighted by Crippen LogP contribution is 2.36. The summed E-state index contributed by atoms with van der Waals surface area (Å²) in [6.45, 7) is 12.3. The normalized spacial score (nSPS) is 20.2. The van der Waals surface area contributed by atoms with Crippen molar-refractivity contribution in [3.8, 4) is 0 Å². The Balaban J connectivity index is 2.12. The third-order valence-electron chi connectivity index (χ3n) is 3.46. The first-order valence-corrected chi connectivity index (χ1v) is 7.93. The van der Waals surface area contributed by atoms with Crippen LogP contribution in [0.3, 0.4) is 0 Å². The highest BCUT2D eigenvalue weighted by atomic mass is 32.1. The van der Waals surface area contributed by atoms with E-state index in [9.17, 15) is 0 Å². The monoisotopic (exact) mass is 266 g/mol. The molecule has 1 atom stereocenters. The van der Waals surface area contributed by atoms with E-state index in [1.807, 2.05) is 11.3 Å². The molecule has 2 nitrogen and oxygen atoms in total. The van der Waals surface area contributed by atoms with Crippen LogP contribution in [0.25, 0.3) is 0 Å². The standard InChI is InChI=1S/C15H26N2S/c1-10(2)14-17-13-11(9-16-15(3,4)5)7-6-8-12(13)18-14/h10-11,16H,6-9H2,1-5H3. The van der Waals surface area contributed by atoms with Gasteiger partial charge in [-0.3, -0.25) is 0 Å². The van der Waals surface area contributed by atoms with E-state index in [0.717, 1.165) is 6.54 Å². The predicted molar refractivity (Wildman–Crippen MR) is 79.6 cm³/mol. The molecule has 1 N–H and O–H groups in total. The first-order valence-electron chi connectivity index (χ1n) is 7.11. The molecule has 0 aliphatic heterocycles. The Kier molecular flexibility index (Phi) is 4.12. The van der Waals surface area contributed by atoms with Crippen LogP contribution in [0, 0.1) is 0 Å². The minimum atomic E-state index is 0.203. The van der Waals surface area contributed by atoms with Crippen LogP contribution in [0.4, 0.5) is 0 Å². The van der Waals surface area contributed by atoms with Crippen molar-refractivity contribution in [1.29, 1.82) is 0 Å². The largest absolute Gasteiger partial charge is 0.311 e. The fraction of sp³-hybridized carbons (Fsp3) is 0.800. The van der Waals surface area contributed by atoms with Gasteiger partial charge in [0.15, 0.2) is 0 Å². The maximum absolute atomic E-state index is 4.91. The zero-order valence-electron chi connectivity index (χ0n) is 12.3. The molecular formula is C15H26N2S. The molecule has 0 radical (unpaired) electrons. The van der Waals surface area contributed by atoms with Crippen LogP contribution in [0.15, 0.2) is 0 Å². The van der Waals surface area contributed by atoms with E-state index >= 15 is 0 Å². The lowest BCUT2D eigenvalue weighted by Crippen LogP contribution is -2.39. The number of thiazole rings is 1. The fourth-order valence-electron chi connectivity index (χ4n) is 2.40. The van der Waals surface area contributed by atoms with Crippen molar-refractivity contribution >= 4 is 11.3 Å². The van der Waals surface area contributed by atoms with Crippen molar-refractivity contribution in [3.05, 3.63) is 15.6 Å². The zero-order chi connectivity index (χ0) is 13.3. The van der Waals surface area contributed by atoms with E-state index in [-0.39, 0.29) is 5.54 Å². The van der Waals surface area contributed by atoms with Gasteiger partial charge in [0.2, 0.25) is 0 Å². The minimum Gasteiger partial charge on any atom is -0.311 e. The number of nitrogens with zero attached hydrogens (tertiary/aromatic N) is 1. The van der Waals surface area contributed by atoms with Crippen LogP contribution in [0.5, 0.6) is 0 Å². The number of hydrogen-bond donors (Lipinski definition) is 1. The van der Waals surface area contributed by atoms with Gasteiger partial charge in [0.05, 0.1) is 10.7 Å². The summed E-state index contributed by atoms with van der Waals surface area (Å²) < 4.78 is 0. The second kappa shape index (κ2) is 5.30. The number of nitrogens with one attached hydrogen (secondary N) is 1. The minimum absolute atomic E-state index is 0.203. The van der Waals surface area contributed by atoms with Crippen molar-refractivity contribution in [2.45, 2.75) is 71.3 Å². The first-order chi connectivity index (χ1) is 8.37. The van der Waals surface area contributed by atoms with Crippen LogP contribution in [0.1, 0.15) is 74.9 Å². The van der Waals surface area contributed by atoms with Gasteiger partial charge in [-0.25, -0.2) is 4.98 Å². The first kappa shape index (κ1) is 14.0. The van der Waals surface area contributed by atoms with Crippen molar-refractivity contribution in [1.82, 2.24) is 10.3 Å². The second-order valence-electron chi connectivity index (χ2n) is 6.74. The summed E-state index contributed by atoms with van der Waals surface area (Å²) in [5.41, 5.74) is 1.60. The number of rotatable bonds is 3. The molecule has 3 heteroatoms. The Bertz CT molecular complexity index is 401. The Hall–Kier alpha value is -0.410. The molecular weight excluding hydrogens is 240 g/mol. The fourth-order valence-corrected chi connectivity index (χ4v) is 3.60. The average Bonchev–Trinajstić information content (AvgIpc) is 2.69. The summed E-state index contributed by atoms with van der Waals surface area (Å²) in [5.74, 6) is 1.19. The van der Waals surface area contributed by atoms with Gasteiger partial charge in [0, 0.05) is 28.8 Å². The molecule has 1 aromatic rings. The molecule has 1 aliphatic carbocycles. The molecule has 0 bridgehead atoms. The Morgan fingerprint density at radius 3 is 2.72 bits per heavy atom. The average molecular weight is 266 g/mol. The lowest BCUT2D eigenvalue weighted by molar-refractivity contribution is 0.388. The molecule has 0 amide bonds. The SMILES string of the molecule is CC(C)c1nc2c(s1)CCCC2CNC(C)(C)C. The van der Waals surface area contributed by atoms with Crippen LogP contribution in [-0.4, -0.2) is 17.1 Å². The third-order valence-corrected chi connectivity index (χ3v) is 4.89. The van der Waals surface area contributed by atoms with Gasteiger partial charge in [0.25, 0.3) is 0 Å². The zero-order valence-corrected chi connectivity index (χ0v) is 13.2. The number of aryl methyl sites for hydroxylation is 1. The third kappa shape index (κ3) is 3.33. The Morgan fingerprint density at radius 1 is 1.39 bits per heavy atom. The van der Waals surface area contributed by atoms with Gasteiger partial charge in [-0.2, -0.15) is 0 Å². The molecule has 0 saturated carbocycles. The van der Waals surface area contributed by atoms with Crippen LogP contribution in [0.2, 0.25) is 0 Å². The van der Waals surface area contributed by atoms with Gasteiger partial charge in [-0.05, 0) is 40.0 Å². The number of aromatic nitrogens is 1. The van der Waals surface area contributed by atoms with Gasteiger partial charge < -0.3 is 5.32 Å². The van der Waals surface area contributed by atoms with E-state index in [1.54, 1.807) is 4.88 Å². The molecule has 2 rings (SSSR count). The molecule has 18 heavy (non-hydrogen) atoms. The smallest absolute Gasteiger partial charge is 0.0956 e. The molecule has 0 aromatic carbocycles.